The number of ether oxygens (including phenoxy) is 3. The molecule has 0 saturated carbocycles. The standard InChI is InChI=1S/C24H27N3O5/c28-23(22-15-17-3-1-2-4-19(17)24(29)32-22)25-20-6-5-18(26-7-11-30-12-8-26)16-21(20)27-9-13-31-14-10-27/h1-6,16,22H,7-15H2,(H,25,28). The molecule has 1 amide bonds. The highest BCUT2D eigenvalue weighted by molar-refractivity contribution is 6.01. The molecule has 0 radical (unpaired) electrons. The Hall–Kier alpha value is -3.10. The number of carbonyl (C=O) groups excluding carboxylic acids is 2. The zero-order valence-corrected chi connectivity index (χ0v) is 17.9. The first-order chi connectivity index (χ1) is 15.7. The van der Waals surface area contributed by atoms with Gasteiger partial charge in [-0.1, -0.05) is 18.2 Å². The third-order valence-electron chi connectivity index (χ3n) is 6.15. The van der Waals surface area contributed by atoms with Crippen molar-refractivity contribution in [3.8, 4) is 0 Å². The van der Waals surface area contributed by atoms with Crippen LogP contribution in [-0.2, 0) is 25.4 Å². The number of morpholine rings is 2. The predicted molar refractivity (Wildman–Crippen MR) is 120 cm³/mol. The van der Waals surface area contributed by atoms with E-state index in [9.17, 15) is 9.59 Å². The second-order valence-electron chi connectivity index (χ2n) is 8.14. The number of fused-ring (bicyclic) bond motifs is 1. The second kappa shape index (κ2) is 9.18. The van der Waals surface area contributed by atoms with E-state index in [1.807, 2.05) is 24.3 Å². The molecule has 1 atom stereocenters. The van der Waals surface area contributed by atoms with Crippen molar-refractivity contribution in [3.05, 3.63) is 53.6 Å². The van der Waals surface area contributed by atoms with Gasteiger partial charge in [-0.3, -0.25) is 4.79 Å². The summed E-state index contributed by atoms with van der Waals surface area (Å²) < 4.78 is 16.4. The molecule has 3 heterocycles. The summed E-state index contributed by atoms with van der Waals surface area (Å²) in [7, 11) is 0. The fraction of sp³-hybridized carbons (Fsp3) is 0.417. The lowest BCUT2D eigenvalue weighted by Crippen LogP contribution is -2.40. The number of cyclic esters (lactones) is 1. The highest BCUT2D eigenvalue weighted by Crippen LogP contribution is 2.33. The number of nitrogens with zero attached hydrogens (tertiary/aromatic N) is 2. The summed E-state index contributed by atoms with van der Waals surface area (Å²) in [6.07, 6.45) is -0.485. The minimum atomic E-state index is -0.853. The van der Waals surface area contributed by atoms with Gasteiger partial charge in [-0.05, 0) is 29.8 Å². The molecule has 1 N–H and O–H groups in total. The Morgan fingerprint density at radius 2 is 1.59 bits per heavy atom. The monoisotopic (exact) mass is 437 g/mol. The van der Waals surface area contributed by atoms with Gasteiger partial charge in [0.05, 0.1) is 43.4 Å². The SMILES string of the molecule is O=C1OC(C(=O)Nc2ccc(N3CCOCC3)cc2N2CCOCC2)Cc2ccccc21. The highest BCUT2D eigenvalue weighted by Gasteiger charge is 2.32. The minimum absolute atomic E-state index is 0.318. The summed E-state index contributed by atoms with van der Waals surface area (Å²) in [5, 5.41) is 3.02. The molecule has 2 aromatic carbocycles. The fourth-order valence-electron chi connectivity index (χ4n) is 4.40. The van der Waals surface area contributed by atoms with Crippen molar-refractivity contribution < 1.29 is 23.8 Å². The van der Waals surface area contributed by atoms with Gasteiger partial charge in [0.1, 0.15) is 0 Å². The van der Waals surface area contributed by atoms with E-state index in [2.05, 4.69) is 21.2 Å². The Balaban J connectivity index is 1.38. The molecule has 3 aliphatic rings. The molecule has 0 aliphatic carbocycles. The highest BCUT2D eigenvalue weighted by atomic mass is 16.5. The van der Waals surface area contributed by atoms with E-state index in [0.717, 1.165) is 43.1 Å². The smallest absolute Gasteiger partial charge is 0.339 e. The summed E-state index contributed by atoms with van der Waals surface area (Å²) in [5.74, 6) is -0.774. The normalized spacial score (nSPS) is 21.0. The fourth-order valence-corrected chi connectivity index (χ4v) is 4.40. The van der Waals surface area contributed by atoms with Crippen LogP contribution in [0.2, 0.25) is 0 Å². The van der Waals surface area contributed by atoms with Crippen molar-refractivity contribution in [3.63, 3.8) is 0 Å². The van der Waals surface area contributed by atoms with Gasteiger partial charge in [0.15, 0.2) is 6.10 Å². The van der Waals surface area contributed by atoms with Gasteiger partial charge in [0, 0.05) is 38.3 Å². The third kappa shape index (κ3) is 4.28. The first-order valence-corrected chi connectivity index (χ1v) is 11.1. The number of amides is 1. The van der Waals surface area contributed by atoms with Crippen molar-refractivity contribution in [2.75, 3.05) is 67.7 Å². The number of nitrogens with one attached hydrogen (secondary N) is 1. The molecule has 0 bridgehead atoms. The molecule has 168 valence electrons. The summed E-state index contributed by atoms with van der Waals surface area (Å²) in [4.78, 5) is 30.0. The molecular weight excluding hydrogens is 410 g/mol. The van der Waals surface area contributed by atoms with Gasteiger partial charge in [-0.25, -0.2) is 4.79 Å². The van der Waals surface area contributed by atoms with E-state index in [0.29, 0.717) is 44.1 Å². The van der Waals surface area contributed by atoms with Crippen LogP contribution in [0.4, 0.5) is 17.1 Å². The van der Waals surface area contributed by atoms with Crippen LogP contribution in [0.1, 0.15) is 15.9 Å². The Morgan fingerprint density at radius 1 is 0.906 bits per heavy atom. The minimum Gasteiger partial charge on any atom is -0.448 e. The number of hydrogen-bond acceptors (Lipinski definition) is 7. The van der Waals surface area contributed by atoms with E-state index in [1.165, 1.54) is 0 Å². The topological polar surface area (TPSA) is 80.3 Å². The quantitative estimate of drug-likeness (QED) is 0.734. The molecule has 32 heavy (non-hydrogen) atoms. The first kappa shape index (κ1) is 20.8. The maximum atomic E-state index is 13.1. The summed E-state index contributed by atoms with van der Waals surface area (Å²) >= 11 is 0. The number of rotatable bonds is 4. The van der Waals surface area contributed by atoms with Crippen LogP contribution in [0.25, 0.3) is 0 Å². The lowest BCUT2D eigenvalue weighted by Gasteiger charge is -2.34. The van der Waals surface area contributed by atoms with Gasteiger partial charge in [0.25, 0.3) is 5.91 Å². The van der Waals surface area contributed by atoms with Crippen LogP contribution >= 0.6 is 0 Å². The van der Waals surface area contributed by atoms with Crippen LogP contribution in [-0.4, -0.2) is 70.6 Å². The number of carbonyl (C=O) groups is 2. The summed E-state index contributed by atoms with van der Waals surface area (Å²) in [6, 6.07) is 13.3. The van der Waals surface area contributed by atoms with Crippen molar-refractivity contribution in [2.24, 2.45) is 0 Å². The molecule has 2 aromatic rings. The summed E-state index contributed by atoms with van der Waals surface area (Å²) in [5.41, 5.74) is 4.13. The first-order valence-electron chi connectivity index (χ1n) is 11.1. The molecule has 5 rings (SSSR count). The molecular formula is C24H27N3O5. The van der Waals surface area contributed by atoms with Crippen LogP contribution in [0, 0.1) is 0 Å². The third-order valence-corrected chi connectivity index (χ3v) is 6.15. The Morgan fingerprint density at radius 3 is 2.34 bits per heavy atom. The molecule has 3 aliphatic heterocycles. The number of benzene rings is 2. The van der Waals surface area contributed by atoms with Gasteiger partial charge >= 0.3 is 5.97 Å². The molecule has 0 aromatic heterocycles. The maximum absolute atomic E-state index is 13.1. The molecule has 2 fully saturated rings. The van der Waals surface area contributed by atoms with E-state index >= 15 is 0 Å². The zero-order chi connectivity index (χ0) is 21.9. The second-order valence-corrected chi connectivity index (χ2v) is 8.14. The molecule has 8 nitrogen and oxygen atoms in total. The molecule has 0 spiro atoms. The van der Waals surface area contributed by atoms with E-state index in [1.54, 1.807) is 12.1 Å². The van der Waals surface area contributed by atoms with Gasteiger partial charge in [-0.2, -0.15) is 0 Å². The Kier molecular flexibility index (Phi) is 5.96. The largest absolute Gasteiger partial charge is 0.448 e. The Labute approximate surface area is 187 Å². The van der Waals surface area contributed by atoms with Crippen LogP contribution in [0.15, 0.2) is 42.5 Å². The average Bonchev–Trinajstić information content (AvgIpc) is 2.85. The average molecular weight is 437 g/mol. The lowest BCUT2D eigenvalue weighted by molar-refractivity contribution is -0.125. The predicted octanol–water partition coefficient (Wildman–Crippen LogP) is 2.08. The van der Waals surface area contributed by atoms with Crippen LogP contribution in [0.5, 0.6) is 0 Å². The van der Waals surface area contributed by atoms with Crippen molar-refractivity contribution in [1.29, 1.82) is 0 Å². The van der Waals surface area contributed by atoms with Crippen molar-refractivity contribution in [1.82, 2.24) is 0 Å². The van der Waals surface area contributed by atoms with Crippen LogP contribution < -0.4 is 15.1 Å². The van der Waals surface area contributed by atoms with Gasteiger partial charge in [0.2, 0.25) is 0 Å². The van der Waals surface area contributed by atoms with Crippen molar-refractivity contribution >= 4 is 28.9 Å². The van der Waals surface area contributed by atoms with E-state index < -0.39 is 12.1 Å². The van der Waals surface area contributed by atoms with Gasteiger partial charge in [-0.15, -0.1) is 0 Å². The molecule has 1 unspecified atom stereocenters. The van der Waals surface area contributed by atoms with Gasteiger partial charge < -0.3 is 29.3 Å². The van der Waals surface area contributed by atoms with Crippen LogP contribution in [0.3, 0.4) is 0 Å². The summed E-state index contributed by atoms with van der Waals surface area (Å²) in [6.45, 7) is 5.89. The number of anilines is 3. The number of hydrogen-bond donors (Lipinski definition) is 1. The van der Waals surface area contributed by atoms with Crippen molar-refractivity contribution in [2.45, 2.75) is 12.5 Å². The zero-order valence-electron chi connectivity index (χ0n) is 17.9. The number of esters is 1. The molecule has 2 saturated heterocycles. The lowest BCUT2D eigenvalue weighted by atomic mass is 9.98. The van der Waals surface area contributed by atoms with E-state index in [4.69, 9.17) is 14.2 Å². The maximum Gasteiger partial charge on any atom is 0.339 e. The Bertz CT molecular complexity index is 999. The molecule has 8 heteroatoms. The van der Waals surface area contributed by atoms with E-state index in [-0.39, 0.29) is 5.91 Å².